The van der Waals surface area contributed by atoms with Crippen LogP contribution in [0.5, 0.6) is 5.88 Å². The molecule has 17 heavy (non-hydrogen) atoms. The lowest BCUT2D eigenvalue weighted by Gasteiger charge is -2.14. The Labute approximate surface area is 102 Å². The molecule has 2 heterocycles. The van der Waals surface area contributed by atoms with Gasteiger partial charge in [0.25, 0.3) is 0 Å². The van der Waals surface area contributed by atoms with Crippen molar-refractivity contribution in [1.82, 2.24) is 15.1 Å². The average Bonchev–Trinajstić information content (AvgIpc) is 2.84. The van der Waals surface area contributed by atoms with E-state index in [1.165, 1.54) is 25.9 Å². The van der Waals surface area contributed by atoms with Crippen LogP contribution in [0.4, 0.5) is 0 Å². The van der Waals surface area contributed by atoms with Gasteiger partial charge in [0.15, 0.2) is 0 Å². The molecule has 0 bridgehead atoms. The second-order valence-corrected chi connectivity index (χ2v) is 4.36. The Morgan fingerprint density at radius 2 is 2.18 bits per heavy atom. The van der Waals surface area contributed by atoms with E-state index in [-0.39, 0.29) is 0 Å². The van der Waals surface area contributed by atoms with E-state index in [2.05, 4.69) is 21.7 Å². The van der Waals surface area contributed by atoms with Gasteiger partial charge < -0.3 is 4.74 Å². The van der Waals surface area contributed by atoms with Crippen LogP contribution in [0, 0.1) is 6.92 Å². The predicted molar refractivity (Wildman–Crippen MR) is 68.0 cm³/mol. The van der Waals surface area contributed by atoms with Crippen LogP contribution >= 0.6 is 0 Å². The van der Waals surface area contributed by atoms with Crippen LogP contribution < -0.4 is 4.74 Å². The summed E-state index contributed by atoms with van der Waals surface area (Å²) in [7, 11) is 0. The van der Waals surface area contributed by atoms with Crippen molar-refractivity contribution in [2.75, 3.05) is 26.2 Å². The van der Waals surface area contributed by atoms with E-state index in [1.807, 2.05) is 13.0 Å². The van der Waals surface area contributed by atoms with Gasteiger partial charge >= 0.3 is 0 Å². The van der Waals surface area contributed by atoms with E-state index in [0.29, 0.717) is 12.5 Å². The van der Waals surface area contributed by atoms with Crippen molar-refractivity contribution in [3.8, 4) is 5.88 Å². The predicted octanol–water partition coefficient (Wildman–Crippen LogP) is 1.90. The van der Waals surface area contributed by atoms with Crippen molar-refractivity contribution in [1.29, 1.82) is 0 Å². The van der Waals surface area contributed by atoms with Gasteiger partial charge in [-0.25, -0.2) is 0 Å². The van der Waals surface area contributed by atoms with Gasteiger partial charge in [0, 0.05) is 12.1 Å². The normalized spacial score (nSPS) is 16.1. The molecule has 0 spiro atoms. The van der Waals surface area contributed by atoms with Crippen LogP contribution in [0.1, 0.15) is 24.1 Å². The third-order valence-electron chi connectivity index (χ3n) is 3.01. The molecule has 0 amide bonds. The quantitative estimate of drug-likeness (QED) is 0.778. The van der Waals surface area contributed by atoms with E-state index >= 15 is 0 Å². The lowest BCUT2D eigenvalue weighted by Crippen LogP contribution is -2.25. The molecule has 0 radical (unpaired) electrons. The van der Waals surface area contributed by atoms with E-state index in [9.17, 15) is 0 Å². The minimum Gasteiger partial charge on any atom is -0.475 e. The van der Waals surface area contributed by atoms with Gasteiger partial charge in [0.05, 0.1) is 5.69 Å². The first-order valence-electron chi connectivity index (χ1n) is 6.11. The first-order valence-corrected chi connectivity index (χ1v) is 6.11. The van der Waals surface area contributed by atoms with Crippen molar-refractivity contribution < 1.29 is 4.74 Å². The second-order valence-electron chi connectivity index (χ2n) is 4.36. The number of aromatic nitrogens is 2. The number of likely N-dealkylation sites (tertiary alicyclic amines) is 1. The zero-order valence-corrected chi connectivity index (χ0v) is 10.4. The third-order valence-corrected chi connectivity index (χ3v) is 3.01. The number of hydrogen-bond donors (Lipinski definition) is 0. The maximum absolute atomic E-state index is 5.65. The molecular formula is C13H19N3O. The smallest absolute Gasteiger partial charge is 0.236 e. The Hall–Kier alpha value is -1.42. The highest BCUT2D eigenvalue weighted by molar-refractivity contribution is 5.43. The zero-order chi connectivity index (χ0) is 12.1. The first kappa shape index (κ1) is 12.0. The van der Waals surface area contributed by atoms with Crippen LogP contribution in [0.25, 0.3) is 6.08 Å². The molecule has 1 fully saturated rings. The summed E-state index contributed by atoms with van der Waals surface area (Å²) in [5.74, 6) is 0.634. The van der Waals surface area contributed by atoms with Gasteiger partial charge in [0.2, 0.25) is 5.88 Å². The molecule has 1 aromatic rings. The summed E-state index contributed by atoms with van der Waals surface area (Å²) in [5, 5.41) is 8.05. The summed E-state index contributed by atoms with van der Waals surface area (Å²) in [6.07, 6.45) is 4.31. The lowest BCUT2D eigenvalue weighted by molar-refractivity contribution is 0.229. The molecule has 92 valence electrons. The van der Waals surface area contributed by atoms with Gasteiger partial charge in [-0.2, -0.15) is 0 Å². The molecule has 0 unspecified atom stereocenters. The molecule has 4 nitrogen and oxygen atoms in total. The second kappa shape index (κ2) is 5.77. The molecule has 1 aliphatic rings. The van der Waals surface area contributed by atoms with E-state index in [1.54, 1.807) is 6.08 Å². The van der Waals surface area contributed by atoms with Crippen LogP contribution in [0.2, 0.25) is 0 Å². The van der Waals surface area contributed by atoms with E-state index in [4.69, 9.17) is 4.74 Å². The molecule has 0 N–H and O–H groups in total. The van der Waals surface area contributed by atoms with Crippen LogP contribution in [-0.4, -0.2) is 41.3 Å². The highest BCUT2D eigenvalue weighted by Crippen LogP contribution is 2.14. The van der Waals surface area contributed by atoms with Crippen LogP contribution in [0.3, 0.4) is 0 Å². The van der Waals surface area contributed by atoms with Crippen molar-refractivity contribution >= 4 is 6.08 Å². The van der Waals surface area contributed by atoms with E-state index < -0.39 is 0 Å². The molecule has 1 saturated heterocycles. The molecule has 0 saturated carbocycles. The average molecular weight is 233 g/mol. The highest BCUT2D eigenvalue weighted by atomic mass is 16.5. The third kappa shape index (κ3) is 3.27. The first-order chi connectivity index (χ1) is 8.29. The Kier molecular flexibility index (Phi) is 4.09. The highest BCUT2D eigenvalue weighted by Gasteiger charge is 2.11. The van der Waals surface area contributed by atoms with Gasteiger partial charge in [0.1, 0.15) is 6.61 Å². The van der Waals surface area contributed by atoms with Crippen molar-refractivity contribution in [3.63, 3.8) is 0 Å². The summed E-state index contributed by atoms with van der Waals surface area (Å²) >= 11 is 0. The number of rotatable bonds is 5. The number of ether oxygens (including phenoxy) is 1. The fraction of sp³-hybridized carbons (Fsp3) is 0.538. The summed E-state index contributed by atoms with van der Waals surface area (Å²) in [6.45, 7) is 9.70. The Morgan fingerprint density at radius 1 is 1.41 bits per heavy atom. The van der Waals surface area contributed by atoms with E-state index in [0.717, 1.165) is 17.8 Å². The van der Waals surface area contributed by atoms with Crippen molar-refractivity contribution in [2.24, 2.45) is 0 Å². The number of hydrogen-bond acceptors (Lipinski definition) is 4. The summed E-state index contributed by atoms with van der Waals surface area (Å²) in [5.41, 5.74) is 1.80. The minimum absolute atomic E-state index is 0.634. The topological polar surface area (TPSA) is 38.2 Å². The summed E-state index contributed by atoms with van der Waals surface area (Å²) in [4.78, 5) is 2.42. The van der Waals surface area contributed by atoms with Crippen LogP contribution in [-0.2, 0) is 0 Å². The molecule has 0 atom stereocenters. The van der Waals surface area contributed by atoms with Gasteiger partial charge in [-0.3, -0.25) is 4.90 Å². The summed E-state index contributed by atoms with van der Waals surface area (Å²) in [6, 6.07) is 1.94. The van der Waals surface area contributed by atoms with Gasteiger partial charge in [-0.05, 0) is 45.0 Å². The Bertz CT molecular complexity index is 386. The fourth-order valence-corrected chi connectivity index (χ4v) is 2.01. The van der Waals surface area contributed by atoms with Crippen molar-refractivity contribution in [2.45, 2.75) is 19.8 Å². The number of aryl methyl sites for hydroxylation is 1. The molecule has 0 aliphatic carbocycles. The minimum atomic E-state index is 0.634. The number of nitrogens with zero attached hydrogens (tertiary/aromatic N) is 3. The van der Waals surface area contributed by atoms with Gasteiger partial charge in [-0.15, -0.1) is 10.2 Å². The molecule has 4 heteroatoms. The molecule has 0 aromatic carbocycles. The Balaban J connectivity index is 1.83. The summed E-state index contributed by atoms with van der Waals surface area (Å²) < 4.78 is 5.65. The monoisotopic (exact) mass is 233 g/mol. The SMILES string of the molecule is C=Cc1cc(C)c(OCCN2CCCC2)nn1. The molecular weight excluding hydrogens is 214 g/mol. The van der Waals surface area contributed by atoms with Crippen molar-refractivity contribution in [3.05, 3.63) is 23.9 Å². The maximum Gasteiger partial charge on any atom is 0.236 e. The van der Waals surface area contributed by atoms with Gasteiger partial charge in [-0.1, -0.05) is 6.58 Å². The van der Waals surface area contributed by atoms with Crippen LogP contribution in [0.15, 0.2) is 12.6 Å². The maximum atomic E-state index is 5.65. The molecule has 1 aromatic heterocycles. The zero-order valence-electron chi connectivity index (χ0n) is 10.4. The fourth-order valence-electron chi connectivity index (χ4n) is 2.01. The standard InChI is InChI=1S/C13H19N3O/c1-3-12-10-11(2)13(15-14-12)17-9-8-16-6-4-5-7-16/h3,10H,1,4-9H2,2H3. The Morgan fingerprint density at radius 3 is 2.82 bits per heavy atom. The lowest BCUT2D eigenvalue weighted by atomic mass is 10.3. The molecule has 1 aliphatic heterocycles. The molecule has 2 rings (SSSR count). The largest absolute Gasteiger partial charge is 0.475 e.